The molecular formula is C21H13F10N5O3. The minimum Gasteiger partial charge on any atom is -0.475 e. The van der Waals surface area contributed by atoms with Gasteiger partial charge in [0.05, 0.1) is 40.9 Å². The Morgan fingerprint density at radius 3 is 1.92 bits per heavy atom. The molecule has 2 amide bonds. The van der Waals surface area contributed by atoms with E-state index in [1.54, 1.807) is 0 Å². The molecule has 3 aromatic rings. The predicted octanol–water partition coefficient (Wildman–Crippen LogP) is 5.59. The number of carboxylic acids is 1. The number of anilines is 1. The molecule has 3 rings (SSSR count). The number of carbonyl (C=O) groups is 2. The van der Waals surface area contributed by atoms with Crippen molar-refractivity contribution in [2.75, 3.05) is 5.32 Å². The van der Waals surface area contributed by atoms with Gasteiger partial charge in [-0.2, -0.15) is 39.5 Å². The smallest absolute Gasteiger partial charge is 0.475 e. The van der Waals surface area contributed by atoms with E-state index in [0.717, 1.165) is 18.3 Å². The second-order valence-corrected chi connectivity index (χ2v) is 7.13. The van der Waals surface area contributed by atoms with Gasteiger partial charge in [-0.25, -0.2) is 23.9 Å². The molecule has 0 saturated heterocycles. The number of nitrogens with zero attached hydrogens (tertiary/aromatic N) is 3. The van der Waals surface area contributed by atoms with E-state index in [1.165, 1.54) is 18.7 Å². The molecular weight excluding hydrogens is 560 g/mol. The molecule has 8 nitrogen and oxygen atoms in total. The van der Waals surface area contributed by atoms with Crippen LogP contribution in [0.15, 0.2) is 55.2 Å². The zero-order valence-corrected chi connectivity index (χ0v) is 18.7. The van der Waals surface area contributed by atoms with Crippen LogP contribution in [0.2, 0.25) is 0 Å². The van der Waals surface area contributed by atoms with Gasteiger partial charge in [0.15, 0.2) is 0 Å². The number of rotatable bonds is 4. The van der Waals surface area contributed by atoms with E-state index in [0.29, 0.717) is 18.2 Å². The molecule has 210 valence electrons. The maximum Gasteiger partial charge on any atom is 0.490 e. The minimum atomic E-state index is -5.08. The highest BCUT2D eigenvalue weighted by Crippen LogP contribution is 2.37. The third-order valence-corrected chi connectivity index (χ3v) is 4.39. The van der Waals surface area contributed by atoms with Crippen molar-refractivity contribution in [2.24, 2.45) is 0 Å². The summed E-state index contributed by atoms with van der Waals surface area (Å²) in [5.74, 6) is -4.48. The summed E-state index contributed by atoms with van der Waals surface area (Å²) < 4.78 is 125. The third-order valence-electron chi connectivity index (χ3n) is 4.39. The number of nitrogens with one attached hydrogen (secondary N) is 2. The molecule has 0 radical (unpaired) electrons. The Morgan fingerprint density at radius 1 is 0.872 bits per heavy atom. The molecule has 0 spiro atoms. The Kier molecular flexibility index (Phi) is 9.38. The average Bonchev–Trinajstić information content (AvgIpc) is 2.81. The number of alkyl halides is 9. The Labute approximate surface area is 210 Å². The van der Waals surface area contributed by atoms with Crippen LogP contribution in [-0.4, -0.2) is 38.2 Å². The largest absolute Gasteiger partial charge is 0.490 e. The van der Waals surface area contributed by atoms with Gasteiger partial charge >= 0.3 is 30.5 Å². The van der Waals surface area contributed by atoms with Crippen LogP contribution >= 0.6 is 0 Å². The van der Waals surface area contributed by atoms with Crippen LogP contribution in [0.25, 0.3) is 0 Å². The monoisotopic (exact) mass is 573 g/mol. The van der Waals surface area contributed by atoms with E-state index >= 15 is 0 Å². The molecule has 0 saturated carbocycles. The number of hydrogen-bond acceptors (Lipinski definition) is 5. The third kappa shape index (κ3) is 8.78. The van der Waals surface area contributed by atoms with Gasteiger partial charge in [-0.3, -0.25) is 4.98 Å². The van der Waals surface area contributed by atoms with Crippen molar-refractivity contribution in [3.05, 3.63) is 83.5 Å². The standard InChI is InChI=1S/C19H12F7N5O.C2HF3O2/c20-14-6-10(3-4-12(14)18(21,22)23)15(16-13(19(24,25)26)2-1-5-29-16)31-17(32)30-11-7-27-9-28-8-11;3-2(4,5)1(6)7/h1-9,15H,(H2,30,31,32);(H,6,7)/t15-;/m0./s1. The van der Waals surface area contributed by atoms with Crippen LogP contribution in [0.5, 0.6) is 0 Å². The maximum absolute atomic E-state index is 14.1. The summed E-state index contributed by atoms with van der Waals surface area (Å²) in [6.45, 7) is 0. The number of carboxylic acid groups (broad SMARTS) is 1. The van der Waals surface area contributed by atoms with Crippen molar-refractivity contribution >= 4 is 17.7 Å². The van der Waals surface area contributed by atoms with Crippen molar-refractivity contribution in [2.45, 2.75) is 24.6 Å². The van der Waals surface area contributed by atoms with Gasteiger partial charge in [0, 0.05) is 6.20 Å². The van der Waals surface area contributed by atoms with Gasteiger partial charge in [-0.15, -0.1) is 0 Å². The number of benzene rings is 1. The van der Waals surface area contributed by atoms with Crippen molar-refractivity contribution in [3.63, 3.8) is 0 Å². The normalized spacial score (nSPS) is 12.6. The molecule has 18 heteroatoms. The molecule has 1 atom stereocenters. The van der Waals surface area contributed by atoms with Crippen LogP contribution in [-0.2, 0) is 17.1 Å². The second kappa shape index (κ2) is 11.9. The molecule has 0 aliphatic rings. The predicted molar refractivity (Wildman–Crippen MR) is 110 cm³/mol. The molecule has 0 aliphatic heterocycles. The first-order chi connectivity index (χ1) is 17.9. The summed E-state index contributed by atoms with van der Waals surface area (Å²) in [5.41, 5.74) is -3.91. The SMILES string of the molecule is O=C(Nc1cncnc1)N[C@@H](c1ccc(C(F)(F)F)c(F)c1)c1ncccc1C(F)(F)F.O=C(O)C(F)(F)F. The number of aromatic nitrogens is 3. The fourth-order valence-electron chi connectivity index (χ4n) is 2.80. The number of aliphatic carboxylic acids is 1. The van der Waals surface area contributed by atoms with Gasteiger partial charge < -0.3 is 15.7 Å². The van der Waals surface area contributed by atoms with E-state index in [2.05, 4.69) is 25.6 Å². The first-order valence-corrected chi connectivity index (χ1v) is 9.92. The lowest BCUT2D eigenvalue weighted by molar-refractivity contribution is -0.192. The molecule has 2 aromatic heterocycles. The lowest BCUT2D eigenvalue weighted by atomic mass is 9.97. The molecule has 39 heavy (non-hydrogen) atoms. The number of urea groups is 1. The van der Waals surface area contributed by atoms with Crippen LogP contribution in [0.3, 0.4) is 0 Å². The van der Waals surface area contributed by atoms with Crippen molar-refractivity contribution in [1.29, 1.82) is 0 Å². The van der Waals surface area contributed by atoms with E-state index in [1.807, 2.05) is 0 Å². The molecule has 0 aliphatic carbocycles. The number of hydrogen-bond donors (Lipinski definition) is 3. The zero-order valence-electron chi connectivity index (χ0n) is 18.7. The Morgan fingerprint density at radius 2 is 1.44 bits per heavy atom. The van der Waals surface area contributed by atoms with E-state index in [-0.39, 0.29) is 11.3 Å². The van der Waals surface area contributed by atoms with Gasteiger partial charge in [0.25, 0.3) is 0 Å². The molecule has 3 N–H and O–H groups in total. The lowest BCUT2D eigenvalue weighted by Gasteiger charge is -2.23. The maximum atomic E-state index is 14.1. The second-order valence-electron chi connectivity index (χ2n) is 7.13. The van der Waals surface area contributed by atoms with Gasteiger partial charge in [0.2, 0.25) is 0 Å². The number of pyridine rings is 1. The summed E-state index contributed by atoms with van der Waals surface area (Å²) in [6.07, 6.45) is -10.4. The highest BCUT2D eigenvalue weighted by atomic mass is 19.4. The highest BCUT2D eigenvalue weighted by molar-refractivity contribution is 5.89. The molecule has 1 aromatic carbocycles. The first kappa shape index (κ1) is 30.7. The summed E-state index contributed by atoms with van der Waals surface area (Å²) in [7, 11) is 0. The number of amides is 2. The zero-order chi connectivity index (χ0) is 29.6. The minimum absolute atomic E-state index is 0.0828. The summed E-state index contributed by atoms with van der Waals surface area (Å²) >= 11 is 0. The van der Waals surface area contributed by atoms with Crippen LogP contribution < -0.4 is 10.6 Å². The highest BCUT2D eigenvalue weighted by Gasteiger charge is 2.39. The summed E-state index contributed by atoms with van der Waals surface area (Å²) in [4.78, 5) is 32.2. The Hall–Kier alpha value is -4.51. The topological polar surface area (TPSA) is 117 Å². The van der Waals surface area contributed by atoms with E-state index < -0.39 is 59.2 Å². The molecule has 0 fully saturated rings. The first-order valence-electron chi connectivity index (χ1n) is 9.92. The van der Waals surface area contributed by atoms with Crippen LogP contribution in [0.1, 0.15) is 28.4 Å². The molecule has 2 heterocycles. The Bertz CT molecular complexity index is 1300. The fraction of sp³-hybridized carbons (Fsp3) is 0.190. The van der Waals surface area contributed by atoms with Crippen molar-refractivity contribution in [1.82, 2.24) is 20.3 Å². The summed E-state index contributed by atoms with van der Waals surface area (Å²) in [5, 5.41) is 11.6. The summed E-state index contributed by atoms with van der Waals surface area (Å²) in [6, 6.07) is 0.417. The Balaban J connectivity index is 0.000000673. The van der Waals surface area contributed by atoms with E-state index in [9.17, 15) is 48.7 Å². The van der Waals surface area contributed by atoms with Gasteiger partial charge in [-0.1, -0.05) is 6.07 Å². The molecule has 0 bridgehead atoms. The van der Waals surface area contributed by atoms with Crippen molar-refractivity contribution in [3.8, 4) is 0 Å². The average molecular weight is 573 g/mol. The van der Waals surface area contributed by atoms with E-state index in [4.69, 9.17) is 9.90 Å². The van der Waals surface area contributed by atoms with Gasteiger partial charge in [0.1, 0.15) is 12.1 Å². The number of carbonyl (C=O) groups excluding carboxylic acids is 1. The number of halogens is 10. The van der Waals surface area contributed by atoms with Crippen LogP contribution in [0, 0.1) is 5.82 Å². The van der Waals surface area contributed by atoms with Gasteiger partial charge in [-0.05, 0) is 29.8 Å². The lowest BCUT2D eigenvalue weighted by Crippen LogP contribution is -2.35. The fourth-order valence-corrected chi connectivity index (χ4v) is 2.80. The quantitative estimate of drug-likeness (QED) is 0.351. The van der Waals surface area contributed by atoms with Crippen LogP contribution in [0.4, 0.5) is 54.4 Å². The molecule has 0 unspecified atom stereocenters. The van der Waals surface area contributed by atoms with Crippen molar-refractivity contribution < 1.29 is 58.6 Å².